The summed E-state index contributed by atoms with van der Waals surface area (Å²) < 4.78 is 36.1. The molecule has 4 unspecified atom stereocenters. The molecule has 220 valence electrons. The zero-order valence-corrected chi connectivity index (χ0v) is 28.2. The largest absolute Gasteiger partial charge is 0.500 e. The second-order valence-electron chi connectivity index (χ2n) is 9.98. The molecule has 0 amide bonds. The second-order valence-corrected chi connectivity index (χ2v) is 18.0. The summed E-state index contributed by atoms with van der Waals surface area (Å²) in [6, 6.07) is 1.87. The van der Waals surface area contributed by atoms with Crippen LogP contribution in [0.4, 0.5) is 0 Å². The van der Waals surface area contributed by atoms with E-state index in [4.69, 9.17) is 26.6 Å². The molecule has 0 aromatic heterocycles. The van der Waals surface area contributed by atoms with Crippen LogP contribution in [0.15, 0.2) is 0 Å². The van der Waals surface area contributed by atoms with Crippen molar-refractivity contribution in [3.63, 3.8) is 0 Å². The minimum atomic E-state index is -2.49. The molecule has 2 aliphatic rings. The highest BCUT2D eigenvalue weighted by molar-refractivity contribution is 8.00. The Morgan fingerprint density at radius 1 is 0.595 bits per heavy atom. The SMILES string of the molecule is CCO[Si](CCCSCCC1CC2CC(SCCC[Si](OCC)(OCC)OCC)C1C2)(OCC)OCC. The van der Waals surface area contributed by atoms with Crippen LogP contribution in [0.2, 0.25) is 12.1 Å². The number of thioether (sulfide) groups is 2. The van der Waals surface area contributed by atoms with E-state index in [0.717, 1.165) is 47.9 Å². The lowest BCUT2D eigenvalue weighted by atomic mass is 9.86. The molecule has 0 heterocycles. The van der Waals surface area contributed by atoms with E-state index in [9.17, 15) is 0 Å². The molecule has 0 saturated heterocycles. The molecule has 37 heavy (non-hydrogen) atoms. The van der Waals surface area contributed by atoms with Crippen LogP contribution in [0.25, 0.3) is 0 Å². The van der Waals surface area contributed by atoms with Crippen molar-refractivity contribution < 1.29 is 26.6 Å². The Morgan fingerprint density at radius 3 is 1.54 bits per heavy atom. The molecule has 2 fully saturated rings. The van der Waals surface area contributed by atoms with Crippen LogP contribution < -0.4 is 0 Å². The number of rotatable bonds is 24. The zero-order chi connectivity index (χ0) is 27.0. The average molecular weight is 597 g/mol. The summed E-state index contributed by atoms with van der Waals surface area (Å²) in [5, 5.41) is 0.853. The molecule has 6 nitrogen and oxygen atoms in total. The fourth-order valence-electron chi connectivity index (χ4n) is 6.20. The molecule has 0 spiro atoms. The molecular weight excluding hydrogens is 541 g/mol. The Hall–Kier alpha value is 0.894. The van der Waals surface area contributed by atoms with Crippen molar-refractivity contribution in [1.82, 2.24) is 0 Å². The third kappa shape index (κ3) is 11.4. The standard InChI is InChI=1S/C27H56O6S2Si2/c1-7-28-36(29-8-2,30-9-3)19-13-16-34-18-15-25-21-24-22-26(25)27(23-24)35-17-14-20-37(31-10-4,32-11-5)33-12-6/h24-27H,7-23H2,1-6H3. The molecule has 10 heteroatoms. The van der Waals surface area contributed by atoms with Gasteiger partial charge in [0.15, 0.2) is 0 Å². The highest BCUT2D eigenvalue weighted by atomic mass is 32.2. The fraction of sp³-hybridized carbons (Fsp3) is 1.00. The van der Waals surface area contributed by atoms with Gasteiger partial charge in [-0.3, -0.25) is 0 Å². The van der Waals surface area contributed by atoms with E-state index in [0.29, 0.717) is 39.6 Å². The first-order valence-electron chi connectivity index (χ1n) is 15.0. The van der Waals surface area contributed by atoms with Crippen molar-refractivity contribution in [2.45, 2.75) is 97.4 Å². The van der Waals surface area contributed by atoms with Crippen molar-refractivity contribution in [3.8, 4) is 0 Å². The monoisotopic (exact) mass is 596 g/mol. The van der Waals surface area contributed by atoms with Gasteiger partial charge in [-0.25, -0.2) is 0 Å². The molecular formula is C27H56O6S2Si2. The average Bonchev–Trinajstić information content (AvgIpc) is 3.45. The van der Waals surface area contributed by atoms with E-state index in [1.165, 1.54) is 42.9 Å². The minimum Gasteiger partial charge on any atom is -0.374 e. The Balaban J connectivity index is 1.67. The predicted molar refractivity (Wildman–Crippen MR) is 163 cm³/mol. The van der Waals surface area contributed by atoms with E-state index in [2.05, 4.69) is 23.5 Å². The topological polar surface area (TPSA) is 55.4 Å². The molecule has 0 aliphatic heterocycles. The Morgan fingerprint density at radius 2 is 1.08 bits per heavy atom. The summed E-state index contributed by atoms with van der Waals surface area (Å²) in [4.78, 5) is 0. The van der Waals surface area contributed by atoms with Gasteiger partial charge in [-0.05, 0) is 115 Å². The summed E-state index contributed by atoms with van der Waals surface area (Å²) in [6.07, 6.45) is 7.98. The maximum absolute atomic E-state index is 6.04. The van der Waals surface area contributed by atoms with Gasteiger partial charge in [-0.2, -0.15) is 23.5 Å². The van der Waals surface area contributed by atoms with Gasteiger partial charge in [-0.15, -0.1) is 0 Å². The smallest absolute Gasteiger partial charge is 0.374 e. The van der Waals surface area contributed by atoms with Crippen LogP contribution in [-0.4, -0.2) is 79.8 Å². The van der Waals surface area contributed by atoms with Gasteiger partial charge in [0.25, 0.3) is 0 Å². The normalized spacial score (nSPS) is 23.8. The Bertz CT molecular complexity index is 557. The predicted octanol–water partition coefficient (Wildman–Crippen LogP) is 7.13. The highest BCUT2D eigenvalue weighted by Crippen LogP contribution is 2.54. The van der Waals surface area contributed by atoms with Crippen molar-refractivity contribution in [1.29, 1.82) is 0 Å². The van der Waals surface area contributed by atoms with Gasteiger partial charge in [0.05, 0.1) is 0 Å². The molecule has 2 aliphatic carbocycles. The van der Waals surface area contributed by atoms with Gasteiger partial charge >= 0.3 is 17.6 Å². The highest BCUT2D eigenvalue weighted by Gasteiger charge is 2.46. The number of fused-ring (bicyclic) bond motifs is 2. The van der Waals surface area contributed by atoms with Gasteiger partial charge < -0.3 is 26.6 Å². The second kappa shape index (κ2) is 19.1. The van der Waals surface area contributed by atoms with E-state index in [1.807, 2.05) is 41.5 Å². The first-order valence-corrected chi connectivity index (χ1v) is 21.1. The van der Waals surface area contributed by atoms with Crippen molar-refractivity contribution >= 4 is 41.1 Å². The third-order valence-corrected chi connectivity index (χ3v) is 16.3. The first-order chi connectivity index (χ1) is 18.0. The van der Waals surface area contributed by atoms with Crippen molar-refractivity contribution in [2.75, 3.05) is 56.9 Å². The molecule has 4 atom stereocenters. The van der Waals surface area contributed by atoms with Gasteiger partial charge in [0.2, 0.25) is 0 Å². The third-order valence-electron chi connectivity index (χ3n) is 7.44. The van der Waals surface area contributed by atoms with Gasteiger partial charge in [-0.1, -0.05) is 0 Å². The van der Waals surface area contributed by atoms with Crippen LogP contribution in [-0.2, 0) is 26.6 Å². The number of hydrogen-bond acceptors (Lipinski definition) is 8. The van der Waals surface area contributed by atoms with Crippen LogP contribution in [0.5, 0.6) is 0 Å². The van der Waals surface area contributed by atoms with Gasteiger partial charge in [0, 0.05) is 57.0 Å². The summed E-state index contributed by atoms with van der Waals surface area (Å²) in [5.41, 5.74) is 0. The molecule has 0 N–H and O–H groups in total. The fourth-order valence-corrected chi connectivity index (χ4v) is 14.6. The molecule has 2 saturated carbocycles. The maximum atomic E-state index is 6.04. The summed E-state index contributed by atoms with van der Waals surface area (Å²) in [5.74, 6) is 6.47. The van der Waals surface area contributed by atoms with Crippen LogP contribution in [0.1, 0.15) is 80.1 Å². The quantitative estimate of drug-likeness (QED) is 0.0861. The van der Waals surface area contributed by atoms with Crippen molar-refractivity contribution in [2.24, 2.45) is 17.8 Å². The zero-order valence-electron chi connectivity index (χ0n) is 24.6. The van der Waals surface area contributed by atoms with Gasteiger partial charge in [0.1, 0.15) is 0 Å². The molecule has 0 aromatic carbocycles. The first kappa shape index (κ1) is 34.1. The van der Waals surface area contributed by atoms with E-state index >= 15 is 0 Å². The van der Waals surface area contributed by atoms with Crippen molar-refractivity contribution in [3.05, 3.63) is 0 Å². The van der Waals surface area contributed by atoms with Crippen LogP contribution >= 0.6 is 23.5 Å². The number of hydrogen-bond donors (Lipinski definition) is 0. The minimum absolute atomic E-state index is 0.664. The molecule has 0 radical (unpaired) electrons. The lowest BCUT2D eigenvalue weighted by Gasteiger charge is -2.30. The Labute approximate surface area is 239 Å². The lowest BCUT2D eigenvalue weighted by Crippen LogP contribution is -2.46. The lowest BCUT2D eigenvalue weighted by molar-refractivity contribution is 0.0704. The maximum Gasteiger partial charge on any atom is 0.500 e. The van der Waals surface area contributed by atoms with E-state index < -0.39 is 17.6 Å². The van der Waals surface area contributed by atoms with Crippen LogP contribution in [0.3, 0.4) is 0 Å². The molecule has 2 bridgehead atoms. The van der Waals surface area contributed by atoms with E-state index in [-0.39, 0.29) is 0 Å². The molecule has 2 rings (SSSR count). The van der Waals surface area contributed by atoms with E-state index in [1.54, 1.807) is 0 Å². The summed E-state index contributed by atoms with van der Waals surface area (Å²) >= 11 is 4.33. The summed E-state index contributed by atoms with van der Waals surface area (Å²) in [6.45, 7) is 16.2. The summed E-state index contributed by atoms with van der Waals surface area (Å²) in [7, 11) is -4.98. The molecule has 0 aromatic rings. The van der Waals surface area contributed by atoms with Crippen LogP contribution in [0, 0.1) is 17.8 Å². The Kier molecular flexibility index (Phi) is 17.6.